The molecule has 1 aliphatic heterocycles. The molecule has 2 rings (SSSR count). The van der Waals surface area contributed by atoms with Crippen LogP contribution in [0.4, 0.5) is 0 Å². The molecule has 94 valence electrons. The van der Waals surface area contributed by atoms with Gasteiger partial charge in [-0.3, -0.25) is 0 Å². The first-order chi connectivity index (χ1) is 8.20. The molecular weight excluding hydrogens is 210 g/mol. The standard InChI is InChI=1S/C15H23NO/c1-4-11(2)12(3)16-10-14-9-13-7-5-6-8-15(13)17-14/h5-8,11-12,14,16H,4,9-10H2,1-3H3. The Morgan fingerprint density at radius 2 is 2.12 bits per heavy atom. The molecule has 0 aliphatic carbocycles. The van der Waals surface area contributed by atoms with Crippen LogP contribution in [-0.2, 0) is 6.42 Å². The van der Waals surface area contributed by atoms with Gasteiger partial charge in [0.05, 0.1) is 0 Å². The summed E-state index contributed by atoms with van der Waals surface area (Å²) in [6, 6.07) is 8.91. The van der Waals surface area contributed by atoms with E-state index in [1.54, 1.807) is 0 Å². The van der Waals surface area contributed by atoms with Crippen LogP contribution in [0.3, 0.4) is 0 Å². The molecule has 0 bridgehead atoms. The van der Waals surface area contributed by atoms with Crippen molar-refractivity contribution in [2.75, 3.05) is 6.54 Å². The van der Waals surface area contributed by atoms with Gasteiger partial charge in [0.1, 0.15) is 11.9 Å². The smallest absolute Gasteiger partial charge is 0.123 e. The van der Waals surface area contributed by atoms with Crippen LogP contribution in [-0.4, -0.2) is 18.7 Å². The molecule has 1 aromatic rings. The van der Waals surface area contributed by atoms with Gasteiger partial charge in [0.25, 0.3) is 0 Å². The van der Waals surface area contributed by atoms with Crippen molar-refractivity contribution < 1.29 is 4.74 Å². The molecule has 1 N–H and O–H groups in total. The normalized spacial score (nSPS) is 21.7. The van der Waals surface area contributed by atoms with Crippen molar-refractivity contribution in [3.63, 3.8) is 0 Å². The van der Waals surface area contributed by atoms with E-state index in [0.717, 1.165) is 24.6 Å². The molecule has 3 atom stereocenters. The summed E-state index contributed by atoms with van der Waals surface area (Å²) < 4.78 is 5.91. The van der Waals surface area contributed by atoms with Gasteiger partial charge in [-0.2, -0.15) is 0 Å². The number of hydrogen-bond donors (Lipinski definition) is 1. The number of nitrogens with one attached hydrogen (secondary N) is 1. The number of hydrogen-bond acceptors (Lipinski definition) is 2. The van der Waals surface area contributed by atoms with E-state index in [0.29, 0.717) is 12.1 Å². The molecule has 0 spiro atoms. The SMILES string of the molecule is CCC(C)C(C)NCC1Cc2ccccc2O1. The summed E-state index contributed by atoms with van der Waals surface area (Å²) in [5.74, 6) is 1.79. The molecule has 2 nitrogen and oxygen atoms in total. The Morgan fingerprint density at radius 1 is 1.35 bits per heavy atom. The van der Waals surface area contributed by atoms with E-state index in [4.69, 9.17) is 4.74 Å². The third-order valence-corrected chi connectivity index (χ3v) is 3.88. The van der Waals surface area contributed by atoms with Crippen molar-refractivity contribution in [3.8, 4) is 5.75 Å². The van der Waals surface area contributed by atoms with Crippen LogP contribution in [0, 0.1) is 5.92 Å². The fourth-order valence-electron chi connectivity index (χ4n) is 2.24. The first-order valence-corrected chi connectivity index (χ1v) is 6.68. The highest BCUT2D eigenvalue weighted by Crippen LogP contribution is 2.27. The molecule has 0 saturated carbocycles. The molecule has 0 fully saturated rings. The van der Waals surface area contributed by atoms with Gasteiger partial charge in [0.2, 0.25) is 0 Å². The Morgan fingerprint density at radius 3 is 2.82 bits per heavy atom. The number of fused-ring (bicyclic) bond motifs is 1. The molecule has 3 unspecified atom stereocenters. The average molecular weight is 233 g/mol. The van der Waals surface area contributed by atoms with E-state index in [1.807, 2.05) is 6.07 Å². The van der Waals surface area contributed by atoms with E-state index in [2.05, 4.69) is 44.3 Å². The lowest BCUT2D eigenvalue weighted by Gasteiger charge is -2.22. The molecule has 0 radical (unpaired) electrons. The molecule has 1 heterocycles. The summed E-state index contributed by atoms with van der Waals surface area (Å²) in [4.78, 5) is 0. The Hall–Kier alpha value is -1.02. The number of ether oxygens (including phenoxy) is 1. The van der Waals surface area contributed by atoms with E-state index in [1.165, 1.54) is 12.0 Å². The summed E-state index contributed by atoms with van der Waals surface area (Å²) in [6.45, 7) is 7.74. The fraction of sp³-hybridized carbons (Fsp3) is 0.600. The molecule has 17 heavy (non-hydrogen) atoms. The second kappa shape index (κ2) is 5.54. The van der Waals surface area contributed by atoms with Crippen molar-refractivity contribution in [1.29, 1.82) is 0 Å². The summed E-state index contributed by atoms with van der Waals surface area (Å²) >= 11 is 0. The van der Waals surface area contributed by atoms with Crippen LogP contribution in [0.1, 0.15) is 32.8 Å². The number of rotatable bonds is 5. The zero-order valence-electron chi connectivity index (χ0n) is 11.1. The van der Waals surface area contributed by atoms with E-state index in [-0.39, 0.29) is 0 Å². The van der Waals surface area contributed by atoms with Crippen LogP contribution in [0.25, 0.3) is 0 Å². The van der Waals surface area contributed by atoms with E-state index in [9.17, 15) is 0 Å². The van der Waals surface area contributed by atoms with Gasteiger partial charge < -0.3 is 10.1 Å². The Labute approximate surface area is 104 Å². The second-order valence-electron chi connectivity index (χ2n) is 5.13. The molecule has 1 aromatic carbocycles. The molecule has 0 amide bonds. The highest BCUT2D eigenvalue weighted by atomic mass is 16.5. The Kier molecular flexibility index (Phi) is 4.06. The van der Waals surface area contributed by atoms with Gasteiger partial charge in [-0.05, 0) is 24.5 Å². The van der Waals surface area contributed by atoms with E-state index >= 15 is 0 Å². The largest absolute Gasteiger partial charge is 0.488 e. The van der Waals surface area contributed by atoms with E-state index < -0.39 is 0 Å². The monoisotopic (exact) mass is 233 g/mol. The van der Waals surface area contributed by atoms with Gasteiger partial charge in [-0.25, -0.2) is 0 Å². The van der Waals surface area contributed by atoms with Crippen LogP contribution < -0.4 is 10.1 Å². The highest BCUT2D eigenvalue weighted by molar-refractivity contribution is 5.37. The van der Waals surface area contributed by atoms with Crippen molar-refractivity contribution in [2.45, 2.75) is 45.8 Å². The first-order valence-electron chi connectivity index (χ1n) is 6.68. The Bertz CT molecular complexity index is 339. The summed E-state index contributed by atoms with van der Waals surface area (Å²) in [5.41, 5.74) is 1.34. The summed E-state index contributed by atoms with van der Waals surface area (Å²) in [5, 5.41) is 3.59. The van der Waals surface area contributed by atoms with Gasteiger partial charge in [-0.1, -0.05) is 38.5 Å². The van der Waals surface area contributed by atoms with Crippen molar-refractivity contribution in [1.82, 2.24) is 5.32 Å². The minimum atomic E-state index is 0.305. The molecule has 1 aliphatic rings. The molecule has 0 aromatic heterocycles. The first kappa shape index (κ1) is 12.4. The lowest BCUT2D eigenvalue weighted by atomic mass is 10.0. The summed E-state index contributed by atoms with van der Waals surface area (Å²) in [6.07, 6.45) is 2.56. The minimum absolute atomic E-state index is 0.305. The van der Waals surface area contributed by atoms with Gasteiger partial charge in [0, 0.05) is 19.0 Å². The average Bonchev–Trinajstić information content (AvgIpc) is 2.77. The fourth-order valence-corrected chi connectivity index (χ4v) is 2.24. The van der Waals surface area contributed by atoms with Crippen LogP contribution in [0.2, 0.25) is 0 Å². The maximum atomic E-state index is 5.91. The van der Waals surface area contributed by atoms with Crippen LogP contribution in [0.5, 0.6) is 5.75 Å². The van der Waals surface area contributed by atoms with Gasteiger partial charge in [-0.15, -0.1) is 0 Å². The number of benzene rings is 1. The Balaban J connectivity index is 1.80. The summed E-state index contributed by atoms with van der Waals surface area (Å²) in [7, 11) is 0. The number of para-hydroxylation sites is 1. The van der Waals surface area contributed by atoms with Crippen molar-refractivity contribution in [2.24, 2.45) is 5.92 Å². The van der Waals surface area contributed by atoms with Crippen LogP contribution >= 0.6 is 0 Å². The zero-order valence-corrected chi connectivity index (χ0v) is 11.1. The third-order valence-electron chi connectivity index (χ3n) is 3.88. The van der Waals surface area contributed by atoms with Gasteiger partial charge >= 0.3 is 0 Å². The quantitative estimate of drug-likeness (QED) is 0.844. The van der Waals surface area contributed by atoms with Crippen molar-refractivity contribution >= 4 is 0 Å². The maximum Gasteiger partial charge on any atom is 0.123 e. The van der Waals surface area contributed by atoms with Crippen molar-refractivity contribution in [3.05, 3.63) is 29.8 Å². The minimum Gasteiger partial charge on any atom is -0.488 e. The molecule has 0 saturated heterocycles. The second-order valence-corrected chi connectivity index (χ2v) is 5.13. The topological polar surface area (TPSA) is 21.3 Å². The predicted molar refractivity (Wildman–Crippen MR) is 71.5 cm³/mol. The predicted octanol–water partition coefficient (Wildman–Crippen LogP) is 3.01. The molecular formula is C15H23NO. The third kappa shape index (κ3) is 3.01. The highest BCUT2D eigenvalue weighted by Gasteiger charge is 2.22. The van der Waals surface area contributed by atoms with Gasteiger partial charge in [0.15, 0.2) is 0 Å². The lowest BCUT2D eigenvalue weighted by Crippen LogP contribution is -2.39. The molecule has 2 heteroatoms. The van der Waals surface area contributed by atoms with Crippen LogP contribution in [0.15, 0.2) is 24.3 Å². The maximum absolute atomic E-state index is 5.91. The lowest BCUT2D eigenvalue weighted by molar-refractivity contribution is 0.215. The zero-order chi connectivity index (χ0) is 12.3.